The van der Waals surface area contributed by atoms with E-state index in [-0.39, 0.29) is 0 Å². The van der Waals surface area contributed by atoms with Gasteiger partial charge in [-0.25, -0.2) is 0 Å². The van der Waals surface area contributed by atoms with Crippen molar-refractivity contribution in [1.82, 2.24) is 5.32 Å². The molecule has 4 saturated carbocycles. The molecule has 4 aliphatic carbocycles. The van der Waals surface area contributed by atoms with Gasteiger partial charge in [0.15, 0.2) is 0 Å². The maximum absolute atomic E-state index is 4.00. The van der Waals surface area contributed by atoms with Crippen molar-refractivity contribution in [2.24, 2.45) is 17.8 Å². The first kappa shape index (κ1) is 12.7. The van der Waals surface area contributed by atoms with Crippen LogP contribution in [0.5, 0.6) is 0 Å². The number of benzene rings is 1. The highest BCUT2D eigenvalue weighted by atomic mass is 15.0. The standard InChI is InChI=1S/C18H26N2/c1-19-12-16-4-2-3-5-17(16)20-18-9-13-6-14(10-18)8-15(7-13)11-18/h2-5,13-15,19-20H,6-12H2,1H3. The summed E-state index contributed by atoms with van der Waals surface area (Å²) in [5.74, 6) is 3.01. The van der Waals surface area contributed by atoms with Crippen LogP contribution in [0.3, 0.4) is 0 Å². The Morgan fingerprint density at radius 2 is 1.60 bits per heavy atom. The fourth-order valence-corrected chi connectivity index (χ4v) is 5.54. The highest BCUT2D eigenvalue weighted by Crippen LogP contribution is 2.56. The van der Waals surface area contributed by atoms with E-state index in [4.69, 9.17) is 0 Å². The van der Waals surface area contributed by atoms with E-state index in [0.29, 0.717) is 5.54 Å². The second kappa shape index (κ2) is 4.77. The first-order valence-electron chi connectivity index (χ1n) is 8.27. The molecule has 4 bridgehead atoms. The summed E-state index contributed by atoms with van der Waals surface area (Å²) in [4.78, 5) is 0. The number of para-hydroxylation sites is 1. The highest BCUT2D eigenvalue weighted by Gasteiger charge is 2.50. The molecule has 5 rings (SSSR count). The van der Waals surface area contributed by atoms with Crippen LogP contribution >= 0.6 is 0 Å². The van der Waals surface area contributed by atoms with Crippen LogP contribution in [-0.2, 0) is 6.54 Å². The zero-order chi connectivity index (χ0) is 13.6. The maximum atomic E-state index is 4.00. The zero-order valence-electron chi connectivity index (χ0n) is 12.5. The van der Waals surface area contributed by atoms with Gasteiger partial charge in [-0.05, 0) is 75.0 Å². The number of rotatable bonds is 4. The van der Waals surface area contributed by atoms with Gasteiger partial charge in [-0.15, -0.1) is 0 Å². The SMILES string of the molecule is CNCc1ccccc1NC12CC3CC(CC(C3)C1)C2. The molecule has 0 atom stereocenters. The van der Waals surface area contributed by atoms with Crippen molar-refractivity contribution in [1.29, 1.82) is 0 Å². The van der Waals surface area contributed by atoms with Gasteiger partial charge in [-0.1, -0.05) is 18.2 Å². The van der Waals surface area contributed by atoms with Crippen molar-refractivity contribution in [3.8, 4) is 0 Å². The molecule has 0 spiro atoms. The first-order chi connectivity index (χ1) is 9.76. The lowest BCUT2D eigenvalue weighted by atomic mass is 9.53. The van der Waals surface area contributed by atoms with Crippen molar-refractivity contribution >= 4 is 5.69 Å². The monoisotopic (exact) mass is 270 g/mol. The molecule has 2 heteroatoms. The predicted octanol–water partition coefficient (Wildman–Crippen LogP) is 3.79. The van der Waals surface area contributed by atoms with Crippen LogP contribution in [0, 0.1) is 17.8 Å². The summed E-state index contributed by atoms with van der Waals surface area (Å²) in [5.41, 5.74) is 3.19. The van der Waals surface area contributed by atoms with Crippen LogP contribution in [-0.4, -0.2) is 12.6 Å². The molecule has 108 valence electrons. The topological polar surface area (TPSA) is 24.1 Å². The Labute approximate surface area is 122 Å². The van der Waals surface area contributed by atoms with Gasteiger partial charge in [-0.3, -0.25) is 0 Å². The lowest BCUT2D eigenvalue weighted by Crippen LogP contribution is -2.54. The molecule has 0 saturated heterocycles. The average Bonchev–Trinajstić information content (AvgIpc) is 2.39. The van der Waals surface area contributed by atoms with Gasteiger partial charge in [0, 0.05) is 17.8 Å². The van der Waals surface area contributed by atoms with Crippen molar-refractivity contribution in [3.05, 3.63) is 29.8 Å². The Balaban J connectivity index is 1.59. The first-order valence-corrected chi connectivity index (χ1v) is 8.27. The molecule has 0 unspecified atom stereocenters. The van der Waals surface area contributed by atoms with Crippen LogP contribution in [0.25, 0.3) is 0 Å². The highest BCUT2D eigenvalue weighted by molar-refractivity contribution is 5.53. The smallest absolute Gasteiger partial charge is 0.0390 e. The molecule has 0 aliphatic heterocycles. The number of hydrogen-bond donors (Lipinski definition) is 2. The molecule has 4 aliphatic rings. The maximum Gasteiger partial charge on any atom is 0.0390 e. The van der Waals surface area contributed by atoms with Gasteiger partial charge >= 0.3 is 0 Å². The quantitative estimate of drug-likeness (QED) is 0.870. The van der Waals surface area contributed by atoms with Gasteiger partial charge in [0.05, 0.1) is 0 Å². The Hall–Kier alpha value is -1.02. The van der Waals surface area contributed by atoms with Crippen LogP contribution in [0.1, 0.15) is 44.1 Å². The molecule has 0 radical (unpaired) electrons. The van der Waals surface area contributed by atoms with Gasteiger partial charge in [0.25, 0.3) is 0 Å². The Kier molecular flexibility index (Phi) is 3.03. The number of hydrogen-bond acceptors (Lipinski definition) is 2. The van der Waals surface area contributed by atoms with Crippen molar-refractivity contribution in [2.45, 2.75) is 50.6 Å². The third-order valence-electron chi connectivity index (χ3n) is 5.82. The minimum Gasteiger partial charge on any atom is -0.379 e. The predicted molar refractivity (Wildman–Crippen MR) is 83.7 cm³/mol. The molecule has 0 heterocycles. The van der Waals surface area contributed by atoms with Crippen molar-refractivity contribution in [2.75, 3.05) is 12.4 Å². The average molecular weight is 270 g/mol. The largest absolute Gasteiger partial charge is 0.379 e. The minimum absolute atomic E-state index is 0.415. The van der Waals surface area contributed by atoms with E-state index in [9.17, 15) is 0 Å². The second-order valence-corrected chi connectivity index (χ2v) is 7.51. The van der Waals surface area contributed by atoms with Gasteiger partial charge in [-0.2, -0.15) is 0 Å². The van der Waals surface area contributed by atoms with Gasteiger partial charge in [0.1, 0.15) is 0 Å². The molecule has 0 aromatic heterocycles. The van der Waals surface area contributed by atoms with E-state index < -0.39 is 0 Å². The van der Waals surface area contributed by atoms with Crippen molar-refractivity contribution in [3.63, 3.8) is 0 Å². The lowest BCUT2D eigenvalue weighted by Gasteiger charge is -2.57. The van der Waals surface area contributed by atoms with Crippen LogP contribution < -0.4 is 10.6 Å². The fraction of sp³-hybridized carbons (Fsp3) is 0.667. The summed E-state index contributed by atoms with van der Waals surface area (Å²) in [6.07, 6.45) is 8.77. The molecule has 1 aromatic carbocycles. The van der Waals surface area contributed by atoms with E-state index in [2.05, 4.69) is 34.9 Å². The third-order valence-corrected chi connectivity index (χ3v) is 5.82. The third kappa shape index (κ3) is 2.14. The van der Waals surface area contributed by atoms with Crippen molar-refractivity contribution < 1.29 is 0 Å². The Bertz CT molecular complexity index is 459. The van der Waals surface area contributed by atoms with E-state index >= 15 is 0 Å². The molecule has 20 heavy (non-hydrogen) atoms. The molecular formula is C18H26N2. The Morgan fingerprint density at radius 1 is 1.00 bits per heavy atom. The normalized spacial score (nSPS) is 38.1. The molecular weight excluding hydrogens is 244 g/mol. The molecule has 4 fully saturated rings. The van der Waals surface area contributed by atoms with E-state index in [0.717, 1.165) is 24.3 Å². The zero-order valence-corrected chi connectivity index (χ0v) is 12.5. The van der Waals surface area contributed by atoms with Gasteiger partial charge in [0.2, 0.25) is 0 Å². The van der Waals surface area contributed by atoms with Crippen LogP contribution in [0.2, 0.25) is 0 Å². The summed E-state index contributed by atoms with van der Waals surface area (Å²) in [5, 5.41) is 7.29. The summed E-state index contributed by atoms with van der Waals surface area (Å²) in [6.45, 7) is 0.954. The fourth-order valence-electron chi connectivity index (χ4n) is 5.54. The molecule has 0 amide bonds. The van der Waals surface area contributed by atoms with Crippen LogP contribution in [0.4, 0.5) is 5.69 Å². The second-order valence-electron chi connectivity index (χ2n) is 7.51. The summed E-state index contributed by atoms with van der Waals surface area (Å²) in [6, 6.07) is 8.84. The number of anilines is 1. The molecule has 2 N–H and O–H groups in total. The van der Waals surface area contributed by atoms with Crippen LogP contribution in [0.15, 0.2) is 24.3 Å². The van der Waals surface area contributed by atoms with E-state index in [1.165, 1.54) is 49.8 Å². The minimum atomic E-state index is 0.415. The summed E-state index contributed by atoms with van der Waals surface area (Å²) < 4.78 is 0. The summed E-state index contributed by atoms with van der Waals surface area (Å²) in [7, 11) is 2.03. The Morgan fingerprint density at radius 3 is 2.20 bits per heavy atom. The van der Waals surface area contributed by atoms with E-state index in [1.807, 2.05) is 7.05 Å². The summed E-state index contributed by atoms with van der Waals surface area (Å²) >= 11 is 0. The van der Waals surface area contributed by atoms with E-state index in [1.54, 1.807) is 0 Å². The van der Waals surface area contributed by atoms with Gasteiger partial charge < -0.3 is 10.6 Å². The molecule has 2 nitrogen and oxygen atoms in total. The lowest BCUT2D eigenvalue weighted by molar-refractivity contribution is 0.0107. The number of nitrogens with one attached hydrogen (secondary N) is 2. The molecule has 1 aromatic rings.